The Balaban J connectivity index is 1.81. The average molecular weight is 296 g/mol. The van der Waals surface area contributed by atoms with Crippen molar-refractivity contribution in [2.75, 3.05) is 19.5 Å². The van der Waals surface area contributed by atoms with Gasteiger partial charge in [0.25, 0.3) is 11.8 Å². The Morgan fingerprint density at radius 1 is 1.05 bits per heavy atom. The minimum absolute atomic E-state index is 0.253. The van der Waals surface area contributed by atoms with Gasteiger partial charge in [-0.1, -0.05) is 18.2 Å². The topological polar surface area (TPSA) is 58.6 Å². The van der Waals surface area contributed by atoms with E-state index in [9.17, 15) is 9.59 Å². The van der Waals surface area contributed by atoms with Crippen molar-refractivity contribution in [1.29, 1.82) is 0 Å². The number of carbonyl (C=O) groups is 2. The van der Waals surface area contributed by atoms with Crippen LogP contribution in [0.25, 0.3) is 0 Å². The van der Waals surface area contributed by atoms with Crippen LogP contribution >= 0.6 is 0 Å². The van der Waals surface area contributed by atoms with Gasteiger partial charge in [-0.3, -0.25) is 14.5 Å². The standard InChI is InChI=1S/C17H16N2O3/c1-19-16(20)13-8-7-12(9-14(13)17(19)21)18-10-11-5-3-4-6-15(11)22-2/h3-9,18H,10H2,1-2H3. The molecule has 0 atom stereocenters. The molecule has 2 aromatic rings. The number of methoxy groups -OCH3 is 1. The molecule has 5 nitrogen and oxygen atoms in total. The number of hydrogen-bond acceptors (Lipinski definition) is 4. The Hall–Kier alpha value is -2.82. The highest BCUT2D eigenvalue weighted by molar-refractivity contribution is 6.21. The van der Waals surface area contributed by atoms with Crippen LogP contribution in [0, 0.1) is 0 Å². The quantitative estimate of drug-likeness (QED) is 0.881. The van der Waals surface area contributed by atoms with Gasteiger partial charge in [-0.05, 0) is 24.3 Å². The SMILES string of the molecule is COc1ccccc1CNc1ccc2c(c1)C(=O)N(C)C2=O. The summed E-state index contributed by atoms with van der Waals surface area (Å²) in [6.07, 6.45) is 0. The first-order valence-electron chi connectivity index (χ1n) is 6.94. The van der Waals surface area contributed by atoms with E-state index in [0.29, 0.717) is 17.7 Å². The van der Waals surface area contributed by atoms with Crippen LogP contribution in [-0.2, 0) is 6.54 Å². The third kappa shape index (κ3) is 2.30. The summed E-state index contributed by atoms with van der Waals surface area (Å²) in [5.74, 6) is 0.291. The average Bonchev–Trinajstić information content (AvgIpc) is 2.77. The van der Waals surface area contributed by atoms with E-state index < -0.39 is 0 Å². The lowest BCUT2D eigenvalue weighted by Crippen LogP contribution is -2.24. The maximum atomic E-state index is 12.0. The van der Waals surface area contributed by atoms with Gasteiger partial charge < -0.3 is 10.1 Å². The van der Waals surface area contributed by atoms with Gasteiger partial charge in [-0.2, -0.15) is 0 Å². The summed E-state index contributed by atoms with van der Waals surface area (Å²) >= 11 is 0. The normalized spacial score (nSPS) is 13.3. The molecule has 5 heteroatoms. The fourth-order valence-corrected chi connectivity index (χ4v) is 2.52. The summed E-state index contributed by atoms with van der Waals surface area (Å²) in [6, 6.07) is 12.9. The molecule has 2 amide bonds. The molecule has 0 saturated heterocycles. The number of carbonyl (C=O) groups excluding carboxylic acids is 2. The number of para-hydroxylation sites is 1. The van der Waals surface area contributed by atoms with Crippen molar-refractivity contribution in [3.8, 4) is 5.75 Å². The zero-order valence-corrected chi connectivity index (χ0v) is 12.4. The number of nitrogens with zero attached hydrogens (tertiary/aromatic N) is 1. The molecule has 0 aliphatic carbocycles. The summed E-state index contributed by atoms with van der Waals surface area (Å²) in [5.41, 5.74) is 2.71. The summed E-state index contributed by atoms with van der Waals surface area (Å²) in [4.78, 5) is 25.0. The minimum Gasteiger partial charge on any atom is -0.496 e. The first-order valence-corrected chi connectivity index (χ1v) is 6.94. The Morgan fingerprint density at radius 2 is 1.77 bits per heavy atom. The summed E-state index contributed by atoms with van der Waals surface area (Å²) in [5, 5.41) is 3.25. The molecule has 1 aliphatic heterocycles. The molecule has 2 aromatic carbocycles. The fraction of sp³-hybridized carbons (Fsp3) is 0.176. The number of benzene rings is 2. The number of anilines is 1. The molecular formula is C17H16N2O3. The second-order valence-electron chi connectivity index (χ2n) is 5.10. The molecule has 1 N–H and O–H groups in total. The van der Waals surface area contributed by atoms with Crippen LogP contribution in [0.15, 0.2) is 42.5 Å². The Morgan fingerprint density at radius 3 is 2.55 bits per heavy atom. The Labute approximate surface area is 128 Å². The second-order valence-corrected chi connectivity index (χ2v) is 5.10. The monoisotopic (exact) mass is 296 g/mol. The predicted molar refractivity (Wildman–Crippen MR) is 83.2 cm³/mol. The highest BCUT2D eigenvalue weighted by Gasteiger charge is 2.32. The predicted octanol–water partition coefficient (Wildman–Crippen LogP) is 2.53. The molecule has 22 heavy (non-hydrogen) atoms. The van der Waals surface area contributed by atoms with Crippen molar-refractivity contribution in [3.63, 3.8) is 0 Å². The molecule has 0 bridgehead atoms. The van der Waals surface area contributed by atoms with Gasteiger partial charge in [0, 0.05) is 24.8 Å². The summed E-state index contributed by atoms with van der Waals surface area (Å²) < 4.78 is 5.31. The first kappa shape index (κ1) is 14.1. The third-order valence-corrected chi connectivity index (χ3v) is 3.77. The third-order valence-electron chi connectivity index (χ3n) is 3.77. The zero-order valence-electron chi connectivity index (χ0n) is 12.4. The second kappa shape index (κ2) is 5.52. The number of hydrogen-bond donors (Lipinski definition) is 1. The number of amides is 2. The number of fused-ring (bicyclic) bond motifs is 1. The Kier molecular flexibility index (Phi) is 3.55. The number of ether oxygens (including phenoxy) is 1. The van der Waals surface area contributed by atoms with E-state index in [1.165, 1.54) is 7.05 Å². The van der Waals surface area contributed by atoms with Crippen molar-refractivity contribution in [2.24, 2.45) is 0 Å². The van der Waals surface area contributed by atoms with E-state index in [-0.39, 0.29) is 11.8 Å². The maximum absolute atomic E-state index is 12.0. The van der Waals surface area contributed by atoms with Gasteiger partial charge in [0.05, 0.1) is 18.2 Å². The molecule has 1 heterocycles. The molecule has 0 saturated carbocycles. The van der Waals surface area contributed by atoms with Crippen LogP contribution in [0.3, 0.4) is 0 Å². The smallest absolute Gasteiger partial charge is 0.261 e. The van der Waals surface area contributed by atoms with Gasteiger partial charge in [-0.25, -0.2) is 0 Å². The molecular weight excluding hydrogens is 280 g/mol. The molecule has 1 aliphatic rings. The van der Waals surface area contributed by atoms with Crippen molar-refractivity contribution < 1.29 is 14.3 Å². The van der Waals surface area contributed by atoms with E-state index in [4.69, 9.17) is 4.74 Å². The van der Waals surface area contributed by atoms with Gasteiger partial charge in [0.2, 0.25) is 0 Å². The molecule has 0 spiro atoms. The van der Waals surface area contributed by atoms with Crippen LogP contribution < -0.4 is 10.1 Å². The molecule has 0 radical (unpaired) electrons. The largest absolute Gasteiger partial charge is 0.496 e. The van der Waals surface area contributed by atoms with Gasteiger partial charge in [0.15, 0.2) is 0 Å². The Bertz CT molecular complexity index is 755. The van der Waals surface area contributed by atoms with Crippen LogP contribution in [0.4, 0.5) is 5.69 Å². The van der Waals surface area contributed by atoms with E-state index in [0.717, 1.165) is 21.9 Å². The van der Waals surface area contributed by atoms with Crippen LogP contribution in [-0.4, -0.2) is 30.9 Å². The number of rotatable bonds is 4. The first-order chi connectivity index (χ1) is 10.6. The van der Waals surface area contributed by atoms with Gasteiger partial charge in [0.1, 0.15) is 5.75 Å². The highest BCUT2D eigenvalue weighted by Crippen LogP contribution is 2.25. The zero-order chi connectivity index (χ0) is 15.7. The maximum Gasteiger partial charge on any atom is 0.261 e. The molecule has 3 rings (SSSR count). The lowest BCUT2D eigenvalue weighted by Gasteiger charge is -2.10. The minimum atomic E-state index is -0.263. The van der Waals surface area contributed by atoms with E-state index in [2.05, 4.69) is 5.32 Å². The van der Waals surface area contributed by atoms with Crippen LogP contribution in [0.2, 0.25) is 0 Å². The van der Waals surface area contributed by atoms with E-state index in [1.54, 1.807) is 25.3 Å². The number of nitrogens with one attached hydrogen (secondary N) is 1. The van der Waals surface area contributed by atoms with Crippen molar-refractivity contribution >= 4 is 17.5 Å². The molecule has 0 aromatic heterocycles. The van der Waals surface area contributed by atoms with E-state index in [1.807, 2.05) is 24.3 Å². The lowest BCUT2D eigenvalue weighted by atomic mass is 10.1. The fourth-order valence-electron chi connectivity index (χ4n) is 2.52. The molecule has 112 valence electrons. The van der Waals surface area contributed by atoms with Crippen LogP contribution in [0.1, 0.15) is 26.3 Å². The lowest BCUT2D eigenvalue weighted by molar-refractivity contribution is 0.0693. The summed E-state index contributed by atoms with van der Waals surface area (Å²) in [6.45, 7) is 0.570. The van der Waals surface area contributed by atoms with Crippen molar-refractivity contribution in [3.05, 3.63) is 59.2 Å². The highest BCUT2D eigenvalue weighted by atomic mass is 16.5. The molecule has 0 unspecified atom stereocenters. The van der Waals surface area contributed by atoms with Gasteiger partial charge >= 0.3 is 0 Å². The van der Waals surface area contributed by atoms with Crippen LogP contribution in [0.5, 0.6) is 5.75 Å². The van der Waals surface area contributed by atoms with Crippen molar-refractivity contribution in [1.82, 2.24) is 4.90 Å². The molecule has 0 fully saturated rings. The van der Waals surface area contributed by atoms with Crippen molar-refractivity contribution in [2.45, 2.75) is 6.54 Å². The number of imide groups is 1. The van der Waals surface area contributed by atoms with Gasteiger partial charge in [-0.15, -0.1) is 0 Å². The van der Waals surface area contributed by atoms with E-state index >= 15 is 0 Å². The summed E-state index contributed by atoms with van der Waals surface area (Å²) in [7, 11) is 3.13.